The average molecular weight is 151 g/mol. The van der Waals surface area contributed by atoms with Gasteiger partial charge in [-0.3, -0.25) is 4.68 Å². The van der Waals surface area contributed by atoms with Crippen LogP contribution in [0.15, 0.2) is 6.20 Å². The summed E-state index contributed by atoms with van der Waals surface area (Å²) in [6.45, 7) is 3.22. The van der Waals surface area contributed by atoms with Crippen LogP contribution in [0.2, 0.25) is 0 Å². The van der Waals surface area contributed by atoms with E-state index in [4.69, 9.17) is 0 Å². The molecule has 0 bridgehead atoms. The van der Waals surface area contributed by atoms with E-state index in [1.165, 1.54) is 12.0 Å². The fourth-order valence-corrected chi connectivity index (χ4v) is 1.51. The molecule has 60 valence electrons. The summed E-state index contributed by atoms with van der Waals surface area (Å²) in [4.78, 5) is 0. The van der Waals surface area contributed by atoms with Gasteiger partial charge in [0.05, 0.1) is 5.69 Å². The number of nitrogens with zero attached hydrogens (tertiary/aromatic N) is 2. The van der Waals surface area contributed by atoms with Gasteiger partial charge in [0.15, 0.2) is 0 Å². The Hall–Kier alpha value is -0.830. The van der Waals surface area contributed by atoms with E-state index in [2.05, 4.69) is 23.5 Å². The van der Waals surface area contributed by atoms with Crippen molar-refractivity contribution in [2.45, 2.75) is 19.4 Å². The predicted octanol–water partition coefficient (Wildman–Crippen LogP) is 0.763. The lowest BCUT2D eigenvalue weighted by molar-refractivity contribution is 0.382. The van der Waals surface area contributed by atoms with E-state index in [1.807, 2.05) is 11.7 Å². The van der Waals surface area contributed by atoms with Crippen LogP contribution >= 0.6 is 0 Å². The quantitative estimate of drug-likeness (QED) is 0.642. The molecule has 0 radical (unpaired) electrons. The predicted molar refractivity (Wildman–Crippen MR) is 43.3 cm³/mol. The van der Waals surface area contributed by atoms with Gasteiger partial charge in [0, 0.05) is 24.8 Å². The van der Waals surface area contributed by atoms with E-state index < -0.39 is 0 Å². The molecule has 1 fully saturated rings. The van der Waals surface area contributed by atoms with E-state index in [0.29, 0.717) is 6.04 Å². The highest BCUT2D eigenvalue weighted by Crippen LogP contribution is 2.24. The molecule has 11 heavy (non-hydrogen) atoms. The summed E-state index contributed by atoms with van der Waals surface area (Å²) in [5.41, 5.74) is 2.52. The number of aromatic nitrogens is 2. The highest BCUT2D eigenvalue weighted by Gasteiger charge is 2.21. The first-order valence-electron chi connectivity index (χ1n) is 4.01. The Balaban J connectivity index is 2.28. The minimum atomic E-state index is 0.573. The molecule has 0 aliphatic carbocycles. The lowest BCUT2D eigenvalue weighted by atomic mass is 9.99. The van der Waals surface area contributed by atoms with Gasteiger partial charge in [-0.1, -0.05) is 0 Å². The normalized spacial score (nSPS) is 23.3. The van der Waals surface area contributed by atoms with Crippen LogP contribution in [0.5, 0.6) is 0 Å². The Morgan fingerprint density at radius 3 is 2.82 bits per heavy atom. The van der Waals surface area contributed by atoms with Gasteiger partial charge < -0.3 is 5.32 Å². The molecule has 3 nitrogen and oxygen atoms in total. The van der Waals surface area contributed by atoms with E-state index in [0.717, 1.165) is 12.2 Å². The number of hydrogen-bond acceptors (Lipinski definition) is 2. The Kier molecular flexibility index (Phi) is 1.46. The van der Waals surface area contributed by atoms with E-state index in [-0.39, 0.29) is 0 Å². The molecule has 1 atom stereocenters. The standard InChI is InChI=1S/C8H13N3/c1-6-7(5-11(2)10-6)8-3-4-9-8/h5,8-9H,3-4H2,1-2H3. The lowest BCUT2D eigenvalue weighted by Gasteiger charge is -2.27. The zero-order valence-corrected chi connectivity index (χ0v) is 6.96. The maximum atomic E-state index is 4.29. The third-order valence-corrected chi connectivity index (χ3v) is 2.25. The van der Waals surface area contributed by atoms with E-state index >= 15 is 0 Å². The summed E-state index contributed by atoms with van der Waals surface area (Å²) < 4.78 is 1.88. The number of hydrogen-bond donors (Lipinski definition) is 1. The minimum absolute atomic E-state index is 0.573. The second-order valence-corrected chi connectivity index (χ2v) is 3.14. The Morgan fingerprint density at radius 2 is 2.45 bits per heavy atom. The van der Waals surface area contributed by atoms with Crippen molar-refractivity contribution < 1.29 is 0 Å². The van der Waals surface area contributed by atoms with Crippen LogP contribution in [-0.4, -0.2) is 16.3 Å². The lowest BCUT2D eigenvalue weighted by Crippen LogP contribution is -2.35. The van der Waals surface area contributed by atoms with Crippen molar-refractivity contribution in [1.29, 1.82) is 0 Å². The molecule has 1 aromatic heterocycles. The monoisotopic (exact) mass is 151 g/mol. The van der Waals surface area contributed by atoms with Gasteiger partial charge >= 0.3 is 0 Å². The zero-order valence-electron chi connectivity index (χ0n) is 6.96. The molecule has 2 rings (SSSR count). The third kappa shape index (κ3) is 1.05. The van der Waals surface area contributed by atoms with Crippen molar-refractivity contribution in [3.05, 3.63) is 17.5 Å². The molecule has 1 N–H and O–H groups in total. The van der Waals surface area contributed by atoms with Gasteiger partial charge in [-0.2, -0.15) is 5.10 Å². The molecular formula is C8H13N3. The summed E-state index contributed by atoms with van der Waals surface area (Å²) in [6, 6.07) is 0.573. The van der Waals surface area contributed by atoms with Crippen LogP contribution in [0, 0.1) is 6.92 Å². The van der Waals surface area contributed by atoms with E-state index in [1.54, 1.807) is 0 Å². The molecule has 0 aromatic carbocycles. The van der Waals surface area contributed by atoms with Gasteiger partial charge in [0.25, 0.3) is 0 Å². The molecule has 2 heterocycles. The maximum Gasteiger partial charge on any atom is 0.0641 e. The molecule has 0 saturated carbocycles. The summed E-state index contributed by atoms with van der Waals surface area (Å²) in [7, 11) is 1.97. The van der Waals surface area contributed by atoms with Crippen molar-refractivity contribution in [2.75, 3.05) is 6.54 Å². The fraction of sp³-hybridized carbons (Fsp3) is 0.625. The van der Waals surface area contributed by atoms with Crippen molar-refractivity contribution in [3.63, 3.8) is 0 Å². The van der Waals surface area contributed by atoms with Crippen LogP contribution in [0.3, 0.4) is 0 Å². The molecule has 1 aromatic rings. The molecule has 1 unspecified atom stereocenters. The molecular weight excluding hydrogens is 138 g/mol. The highest BCUT2D eigenvalue weighted by atomic mass is 15.3. The molecule has 3 heteroatoms. The second-order valence-electron chi connectivity index (χ2n) is 3.14. The summed E-state index contributed by atoms with van der Waals surface area (Å²) in [5.74, 6) is 0. The molecule has 1 aliphatic heterocycles. The van der Waals surface area contributed by atoms with Crippen LogP contribution < -0.4 is 5.32 Å². The summed E-state index contributed by atoms with van der Waals surface area (Å²) in [6.07, 6.45) is 3.36. The van der Waals surface area contributed by atoms with E-state index in [9.17, 15) is 0 Å². The van der Waals surface area contributed by atoms with Crippen LogP contribution in [0.1, 0.15) is 23.7 Å². The first kappa shape index (κ1) is 6.85. The minimum Gasteiger partial charge on any atom is -0.310 e. The van der Waals surface area contributed by atoms with Gasteiger partial charge in [0.1, 0.15) is 0 Å². The second kappa shape index (κ2) is 2.34. The Morgan fingerprint density at radius 1 is 1.73 bits per heavy atom. The van der Waals surface area contributed by atoms with Gasteiger partial charge in [-0.15, -0.1) is 0 Å². The van der Waals surface area contributed by atoms with Gasteiger partial charge in [0.2, 0.25) is 0 Å². The zero-order chi connectivity index (χ0) is 7.84. The van der Waals surface area contributed by atoms with Crippen LogP contribution in [0.4, 0.5) is 0 Å². The maximum absolute atomic E-state index is 4.29. The number of aryl methyl sites for hydroxylation is 2. The van der Waals surface area contributed by atoms with Crippen LogP contribution in [-0.2, 0) is 7.05 Å². The topological polar surface area (TPSA) is 29.9 Å². The molecule has 1 aliphatic rings. The SMILES string of the molecule is Cc1nn(C)cc1C1CCN1. The Labute approximate surface area is 66.4 Å². The van der Waals surface area contributed by atoms with Crippen molar-refractivity contribution in [1.82, 2.24) is 15.1 Å². The van der Waals surface area contributed by atoms with Gasteiger partial charge in [-0.25, -0.2) is 0 Å². The molecule has 1 saturated heterocycles. The van der Waals surface area contributed by atoms with Crippen molar-refractivity contribution in [3.8, 4) is 0 Å². The molecule has 0 spiro atoms. The summed E-state index contributed by atoms with van der Waals surface area (Å²) >= 11 is 0. The smallest absolute Gasteiger partial charge is 0.0641 e. The fourth-order valence-electron chi connectivity index (χ4n) is 1.51. The van der Waals surface area contributed by atoms with Crippen molar-refractivity contribution >= 4 is 0 Å². The Bertz CT molecular complexity index is 260. The number of rotatable bonds is 1. The highest BCUT2D eigenvalue weighted by molar-refractivity contribution is 5.21. The first-order valence-corrected chi connectivity index (χ1v) is 4.01. The van der Waals surface area contributed by atoms with Gasteiger partial charge in [-0.05, 0) is 19.9 Å². The molecule has 0 amide bonds. The van der Waals surface area contributed by atoms with Crippen molar-refractivity contribution in [2.24, 2.45) is 7.05 Å². The number of nitrogens with one attached hydrogen (secondary N) is 1. The van der Waals surface area contributed by atoms with Crippen LogP contribution in [0.25, 0.3) is 0 Å². The first-order chi connectivity index (χ1) is 5.27. The summed E-state index contributed by atoms with van der Waals surface area (Å²) in [5, 5.41) is 7.65. The average Bonchev–Trinajstić information content (AvgIpc) is 2.07. The third-order valence-electron chi connectivity index (χ3n) is 2.25. The largest absolute Gasteiger partial charge is 0.310 e.